The minimum Gasteiger partial charge on any atom is -0.545 e. The number of unbranched alkanes of at least 4 members (excludes halogenated alkanes) is 24. The van der Waals surface area contributed by atoms with Crippen molar-refractivity contribution >= 4 is 17.9 Å². The van der Waals surface area contributed by atoms with Crippen LogP contribution < -0.4 is 5.11 Å². The van der Waals surface area contributed by atoms with Gasteiger partial charge in [-0.1, -0.05) is 154 Å². The van der Waals surface area contributed by atoms with Gasteiger partial charge in [0.2, 0.25) is 0 Å². The lowest BCUT2D eigenvalue weighted by molar-refractivity contribution is -0.870. The molecule has 0 amide bonds. The van der Waals surface area contributed by atoms with Crippen molar-refractivity contribution in [2.45, 2.75) is 219 Å². The fourth-order valence-corrected chi connectivity index (χ4v) is 6.47. The molecule has 0 heterocycles. The second kappa shape index (κ2) is 40.5. The maximum atomic E-state index is 12.8. The fraction of sp³-hybridized carbons (Fsp3) is 0.854. The molecule has 0 aromatic rings. The Hall–Kier alpha value is -2.23. The first-order valence-corrected chi connectivity index (χ1v) is 23.5. The maximum Gasteiger partial charge on any atom is 0.306 e. The van der Waals surface area contributed by atoms with E-state index in [0.717, 1.165) is 57.8 Å². The van der Waals surface area contributed by atoms with Crippen LogP contribution in [0.15, 0.2) is 24.3 Å². The molecule has 9 heteroatoms. The monoisotopic (exact) mass is 808 g/mol. The van der Waals surface area contributed by atoms with E-state index in [9.17, 15) is 19.5 Å². The molecule has 0 spiro atoms. The Labute approximate surface area is 350 Å². The van der Waals surface area contributed by atoms with E-state index in [2.05, 4.69) is 38.2 Å². The van der Waals surface area contributed by atoms with Crippen molar-refractivity contribution in [2.75, 3.05) is 47.5 Å². The molecule has 0 aliphatic rings. The SMILES string of the molecule is CCCCCC/C=C\CCCCCCCC(=O)OCC(COC(OCC[N+](C)(C)C)C(=O)[O-])OC(=O)CCCCCCCCCCC/C=C\CCCCCCCC. The molecule has 2 atom stereocenters. The highest BCUT2D eigenvalue weighted by atomic mass is 16.7. The molecule has 0 aliphatic heterocycles. The Balaban J connectivity index is 4.39. The number of carboxylic acid groups (broad SMARTS) is 1. The summed E-state index contributed by atoms with van der Waals surface area (Å²) < 4.78 is 22.6. The van der Waals surface area contributed by atoms with Crippen LogP contribution in [0, 0.1) is 0 Å². The van der Waals surface area contributed by atoms with E-state index in [1.165, 1.54) is 116 Å². The van der Waals surface area contributed by atoms with Crippen LogP contribution in [0.4, 0.5) is 0 Å². The standard InChI is InChI=1S/C48H89NO8/c1-6-8-10-12-14-16-18-20-21-22-23-24-25-27-29-31-33-35-37-39-46(51)57-44(43-56-48(47(52)53)54-41-40-49(3,4)5)42-55-45(50)38-36-34-32-30-28-26-19-17-15-13-11-9-7-2/h17,19-21,44,48H,6-16,18,22-43H2,1-5H3/b19-17-,21-20-. The Kier molecular flexibility index (Phi) is 39.0. The minimum atomic E-state index is -1.62. The number of esters is 2. The van der Waals surface area contributed by atoms with Gasteiger partial charge in [-0.25, -0.2) is 0 Å². The molecule has 2 unspecified atom stereocenters. The second-order valence-corrected chi connectivity index (χ2v) is 17.0. The zero-order chi connectivity index (χ0) is 42.1. The van der Waals surface area contributed by atoms with Crippen molar-refractivity contribution in [3.05, 3.63) is 24.3 Å². The number of carboxylic acids is 1. The van der Waals surface area contributed by atoms with Gasteiger partial charge >= 0.3 is 11.9 Å². The number of quaternary nitrogens is 1. The molecule has 0 rings (SSSR count). The third-order valence-electron chi connectivity index (χ3n) is 10.2. The highest BCUT2D eigenvalue weighted by Gasteiger charge is 2.21. The zero-order valence-corrected chi connectivity index (χ0v) is 37.7. The van der Waals surface area contributed by atoms with Crippen molar-refractivity contribution in [1.82, 2.24) is 0 Å². The predicted molar refractivity (Wildman–Crippen MR) is 233 cm³/mol. The molecule has 0 bridgehead atoms. The Morgan fingerprint density at radius 2 is 0.895 bits per heavy atom. The van der Waals surface area contributed by atoms with Crippen molar-refractivity contribution in [3.63, 3.8) is 0 Å². The summed E-state index contributed by atoms with van der Waals surface area (Å²) >= 11 is 0. The van der Waals surface area contributed by atoms with Gasteiger partial charge in [0.25, 0.3) is 0 Å². The van der Waals surface area contributed by atoms with Gasteiger partial charge in [0, 0.05) is 12.8 Å². The summed E-state index contributed by atoms with van der Waals surface area (Å²) in [5.74, 6) is -2.29. The van der Waals surface area contributed by atoms with Crippen LogP contribution in [0.3, 0.4) is 0 Å². The van der Waals surface area contributed by atoms with Gasteiger partial charge in [-0.3, -0.25) is 9.59 Å². The number of hydrogen-bond acceptors (Lipinski definition) is 8. The molecule has 0 radical (unpaired) electrons. The summed E-state index contributed by atoms with van der Waals surface area (Å²) in [5.41, 5.74) is 0. The van der Waals surface area contributed by atoms with Crippen molar-refractivity contribution in [1.29, 1.82) is 0 Å². The number of rotatable bonds is 43. The van der Waals surface area contributed by atoms with E-state index in [1.807, 2.05) is 21.1 Å². The van der Waals surface area contributed by atoms with Crippen LogP contribution in [-0.4, -0.2) is 82.3 Å². The van der Waals surface area contributed by atoms with Crippen LogP contribution in [0.25, 0.3) is 0 Å². The van der Waals surface area contributed by atoms with Crippen LogP contribution >= 0.6 is 0 Å². The molecule has 0 fully saturated rings. The zero-order valence-electron chi connectivity index (χ0n) is 37.7. The molecule has 0 saturated carbocycles. The van der Waals surface area contributed by atoms with E-state index in [0.29, 0.717) is 17.4 Å². The third-order valence-corrected chi connectivity index (χ3v) is 10.2. The second-order valence-electron chi connectivity index (χ2n) is 17.0. The number of nitrogens with zero attached hydrogens (tertiary/aromatic N) is 1. The van der Waals surface area contributed by atoms with Gasteiger partial charge in [0.05, 0.1) is 40.3 Å². The topological polar surface area (TPSA) is 111 Å². The summed E-state index contributed by atoms with van der Waals surface area (Å²) in [7, 11) is 5.91. The number of hydrogen-bond donors (Lipinski definition) is 0. The predicted octanol–water partition coefficient (Wildman–Crippen LogP) is 11.1. The minimum absolute atomic E-state index is 0.147. The lowest BCUT2D eigenvalue weighted by Gasteiger charge is -2.26. The van der Waals surface area contributed by atoms with Gasteiger partial charge < -0.3 is 33.3 Å². The third kappa shape index (κ3) is 41.7. The lowest BCUT2D eigenvalue weighted by Crippen LogP contribution is -2.44. The number of ether oxygens (including phenoxy) is 4. The Morgan fingerprint density at radius 3 is 1.32 bits per heavy atom. The number of likely N-dealkylation sites (N-methyl/N-ethyl adjacent to an activating group) is 1. The molecule has 0 aliphatic carbocycles. The summed E-state index contributed by atoms with van der Waals surface area (Å²) in [6, 6.07) is 0. The highest BCUT2D eigenvalue weighted by molar-refractivity contribution is 5.70. The molecule has 9 nitrogen and oxygen atoms in total. The molecule has 334 valence electrons. The first kappa shape index (κ1) is 54.8. The van der Waals surface area contributed by atoms with E-state index < -0.39 is 24.3 Å². The quantitative estimate of drug-likeness (QED) is 0.0197. The molecule has 57 heavy (non-hydrogen) atoms. The highest BCUT2D eigenvalue weighted by Crippen LogP contribution is 2.14. The summed E-state index contributed by atoms with van der Waals surface area (Å²) in [6.45, 7) is 4.72. The molecular weight excluding hydrogens is 719 g/mol. The average Bonchev–Trinajstić information content (AvgIpc) is 3.17. The lowest BCUT2D eigenvalue weighted by atomic mass is 10.1. The van der Waals surface area contributed by atoms with Gasteiger partial charge in [-0.2, -0.15) is 0 Å². The first-order valence-electron chi connectivity index (χ1n) is 23.5. The van der Waals surface area contributed by atoms with Crippen molar-refractivity contribution < 1.29 is 42.9 Å². The summed E-state index contributed by atoms with van der Waals surface area (Å²) in [6.07, 6.45) is 40.6. The van der Waals surface area contributed by atoms with Crippen molar-refractivity contribution in [3.8, 4) is 0 Å². The number of carbonyl (C=O) groups is 3. The normalized spacial score (nSPS) is 13.1. The van der Waals surface area contributed by atoms with Gasteiger partial charge in [0.1, 0.15) is 13.2 Å². The molecular formula is C48H89NO8. The van der Waals surface area contributed by atoms with Gasteiger partial charge in [0.15, 0.2) is 12.4 Å². The number of aliphatic carboxylic acids is 1. The largest absolute Gasteiger partial charge is 0.545 e. The average molecular weight is 808 g/mol. The van der Waals surface area contributed by atoms with E-state index in [4.69, 9.17) is 18.9 Å². The summed E-state index contributed by atoms with van der Waals surface area (Å²) in [5, 5.41) is 11.7. The fourth-order valence-electron chi connectivity index (χ4n) is 6.47. The van der Waals surface area contributed by atoms with E-state index >= 15 is 0 Å². The van der Waals surface area contributed by atoms with Crippen LogP contribution in [0.5, 0.6) is 0 Å². The van der Waals surface area contributed by atoms with E-state index in [-0.39, 0.29) is 38.6 Å². The van der Waals surface area contributed by atoms with E-state index in [1.54, 1.807) is 0 Å². The van der Waals surface area contributed by atoms with Gasteiger partial charge in [-0.05, 0) is 64.2 Å². The van der Waals surface area contributed by atoms with Gasteiger partial charge in [-0.15, -0.1) is 0 Å². The first-order chi connectivity index (χ1) is 27.6. The van der Waals surface area contributed by atoms with Crippen LogP contribution in [0.1, 0.15) is 206 Å². The molecule has 0 saturated heterocycles. The van der Waals surface area contributed by atoms with Crippen LogP contribution in [-0.2, 0) is 33.3 Å². The summed E-state index contributed by atoms with van der Waals surface area (Å²) in [4.78, 5) is 37.0. The number of allylic oxidation sites excluding steroid dienone is 4. The Morgan fingerprint density at radius 1 is 0.509 bits per heavy atom. The van der Waals surface area contributed by atoms with Crippen molar-refractivity contribution in [2.24, 2.45) is 0 Å². The molecule has 0 aromatic carbocycles. The smallest absolute Gasteiger partial charge is 0.306 e. The maximum absolute atomic E-state index is 12.8. The number of carbonyl (C=O) groups excluding carboxylic acids is 3. The molecule has 0 aromatic heterocycles. The van der Waals surface area contributed by atoms with Crippen LogP contribution in [0.2, 0.25) is 0 Å². The Bertz CT molecular complexity index is 991. The molecule has 0 N–H and O–H groups in total.